The van der Waals surface area contributed by atoms with Crippen LogP contribution in [-0.4, -0.2) is 11.1 Å². The fourth-order valence-corrected chi connectivity index (χ4v) is 1.96. The van der Waals surface area contributed by atoms with Gasteiger partial charge >= 0.3 is 5.97 Å². The Morgan fingerprint density at radius 1 is 1.11 bits per heavy atom. The Morgan fingerprint density at radius 3 is 2.37 bits per heavy atom. The second-order valence-electron chi connectivity index (χ2n) is 3.85. The molecule has 3 nitrogen and oxygen atoms in total. The van der Waals surface area contributed by atoms with Crippen LogP contribution in [0.5, 0.6) is 5.75 Å². The number of carboxylic acids is 1. The molecular weight excluding hydrogens is 287 g/mol. The number of aromatic carboxylic acids is 1. The van der Waals surface area contributed by atoms with E-state index in [4.69, 9.17) is 33.0 Å². The molecule has 0 radical (unpaired) electrons. The van der Waals surface area contributed by atoms with E-state index in [2.05, 4.69) is 0 Å². The average molecular weight is 297 g/mol. The van der Waals surface area contributed by atoms with Crippen molar-refractivity contribution in [3.8, 4) is 5.75 Å². The molecule has 2 aromatic carbocycles. The van der Waals surface area contributed by atoms with Gasteiger partial charge in [-0.05, 0) is 36.4 Å². The lowest BCUT2D eigenvalue weighted by Crippen LogP contribution is -1.98. The third kappa shape index (κ3) is 3.63. The predicted octanol–water partition coefficient (Wildman–Crippen LogP) is 4.27. The van der Waals surface area contributed by atoms with Crippen molar-refractivity contribution >= 4 is 29.2 Å². The minimum atomic E-state index is -0.965. The van der Waals surface area contributed by atoms with Crippen molar-refractivity contribution in [1.29, 1.82) is 0 Å². The SMILES string of the molecule is O=C(O)c1ccc(OCc2ccc(Cl)cc2Cl)cc1. The maximum Gasteiger partial charge on any atom is 0.335 e. The van der Waals surface area contributed by atoms with Gasteiger partial charge < -0.3 is 9.84 Å². The Hall–Kier alpha value is -1.71. The van der Waals surface area contributed by atoms with E-state index >= 15 is 0 Å². The normalized spacial score (nSPS) is 10.2. The highest BCUT2D eigenvalue weighted by Gasteiger charge is 2.04. The Kier molecular flexibility index (Phi) is 4.30. The zero-order valence-electron chi connectivity index (χ0n) is 9.77. The van der Waals surface area contributed by atoms with Gasteiger partial charge in [0.15, 0.2) is 0 Å². The van der Waals surface area contributed by atoms with Crippen LogP contribution < -0.4 is 4.74 Å². The number of ether oxygens (including phenoxy) is 1. The van der Waals surface area contributed by atoms with Gasteiger partial charge in [-0.15, -0.1) is 0 Å². The fourth-order valence-electron chi connectivity index (χ4n) is 1.49. The lowest BCUT2D eigenvalue weighted by molar-refractivity contribution is 0.0697. The van der Waals surface area contributed by atoms with Crippen molar-refractivity contribution in [1.82, 2.24) is 0 Å². The summed E-state index contributed by atoms with van der Waals surface area (Å²) < 4.78 is 5.53. The van der Waals surface area contributed by atoms with Crippen molar-refractivity contribution in [2.75, 3.05) is 0 Å². The first kappa shape index (κ1) is 13.7. The van der Waals surface area contributed by atoms with Crippen LogP contribution in [0.4, 0.5) is 0 Å². The molecule has 0 atom stereocenters. The van der Waals surface area contributed by atoms with Crippen LogP contribution in [0, 0.1) is 0 Å². The fraction of sp³-hybridized carbons (Fsp3) is 0.0714. The van der Waals surface area contributed by atoms with Crippen LogP contribution in [0.3, 0.4) is 0 Å². The van der Waals surface area contributed by atoms with Gasteiger partial charge in [0, 0.05) is 15.6 Å². The minimum Gasteiger partial charge on any atom is -0.489 e. The first-order valence-corrected chi connectivity index (χ1v) is 6.22. The average Bonchev–Trinajstić information content (AvgIpc) is 2.38. The number of carboxylic acid groups (broad SMARTS) is 1. The van der Waals surface area contributed by atoms with Crippen molar-refractivity contribution < 1.29 is 14.6 Å². The van der Waals surface area contributed by atoms with Crippen LogP contribution in [-0.2, 0) is 6.61 Å². The third-order valence-electron chi connectivity index (χ3n) is 2.51. The molecule has 0 aliphatic carbocycles. The number of rotatable bonds is 4. The Morgan fingerprint density at radius 2 is 1.79 bits per heavy atom. The van der Waals surface area contributed by atoms with Gasteiger partial charge in [-0.3, -0.25) is 0 Å². The minimum absolute atomic E-state index is 0.219. The van der Waals surface area contributed by atoms with Crippen molar-refractivity contribution in [2.45, 2.75) is 6.61 Å². The molecule has 2 aromatic rings. The molecule has 0 aromatic heterocycles. The number of benzene rings is 2. The van der Waals surface area contributed by atoms with Crippen LogP contribution in [0.15, 0.2) is 42.5 Å². The molecule has 0 heterocycles. The van der Waals surface area contributed by atoms with Gasteiger partial charge in [0.1, 0.15) is 12.4 Å². The van der Waals surface area contributed by atoms with Crippen LogP contribution in [0.2, 0.25) is 10.0 Å². The molecule has 1 N–H and O–H groups in total. The van der Waals surface area contributed by atoms with E-state index in [1.165, 1.54) is 12.1 Å². The van der Waals surface area contributed by atoms with E-state index in [-0.39, 0.29) is 5.56 Å². The van der Waals surface area contributed by atoms with E-state index in [0.717, 1.165) is 5.56 Å². The first-order chi connectivity index (χ1) is 9.06. The van der Waals surface area contributed by atoms with Gasteiger partial charge in [-0.1, -0.05) is 29.3 Å². The first-order valence-electron chi connectivity index (χ1n) is 5.46. The molecular formula is C14H10Cl2O3. The lowest BCUT2D eigenvalue weighted by Gasteiger charge is -2.08. The molecule has 0 aliphatic rings. The summed E-state index contributed by atoms with van der Waals surface area (Å²) in [6.07, 6.45) is 0. The summed E-state index contributed by atoms with van der Waals surface area (Å²) in [5.41, 5.74) is 1.03. The van der Waals surface area contributed by atoms with E-state index in [1.54, 1.807) is 30.3 Å². The second kappa shape index (κ2) is 5.95. The Bertz CT molecular complexity index is 594. The predicted molar refractivity (Wildman–Crippen MR) is 74.2 cm³/mol. The van der Waals surface area contributed by atoms with Crippen LogP contribution >= 0.6 is 23.2 Å². The number of halogens is 2. The summed E-state index contributed by atoms with van der Waals surface area (Å²) >= 11 is 11.8. The Balaban J connectivity index is 2.04. The number of hydrogen-bond acceptors (Lipinski definition) is 2. The zero-order chi connectivity index (χ0) is 13.8. The molecule has 0 saturated heterocycles. The molecule has 0 amide bonds. The summed E-state index contributed by atoms with van der Waals surface area (Å²) in [5, 5.41) is 9.88. The molecule has 0 aliphatic heterocycles. The van der Waals surface area contributed by atoms with E-state index in [0.29, 0.717) is 22.4 Å². The molecule has 0 unspecified atom stereocenters. The standard InChI is InChI=1S/C14H10Cl2O3/c15-11-4-1-10(13(16)7-11)8-19-12-5-2-9(3-6-12)14(17)18/h1-7H,8H2,(H,17,18). The smallest absolute Gasteiger partial charge is 0.335 e. The van der Waals surface area contributed by atoms with Gasteiger partial charge in [-0.25, -0.2) is 4.79 Å². The second-order valence-corrected chi connectivity index (χ2v) is 4.70. The van der Waals surface area contributed by atoms with Gasteiger partial charge in [0.25, 0.3) is 0 Å². The lowest BCUT2D eigenvalue weighted by atomic mass is 10.2. The molecule has 19 heavy (non-hydrogen) atoms. The molecule has 2 rings (SSSR count). The highest BCUT2D eigenvalue weighted by Crippen LogP contribution is 2.22. The highest BCUT2D eigenvalue weighted by atomic mass is 35.5. The molecule has 5 heteroatoms. The topological polar surface area (TPSA) is 46.5 Å². The quantitative estimate of drug-likeness (QED) is 0.916. The van der Waals surface area contributed by atoms with E-state index in [1.807, 2.05) is 0 Å². The molecule has 0 fully saturated rings. The number of carbonyl (C=O) groups is 1. The number of hydrogen-bond donors (Lipinski definition) is 1. The van der Waals surface area contributed by atoms with E-state index in [9.17, 15) is 4.79 Å². The van der Waals surface area contributed by atoms with E-state index < -0.39 is 5.97 Å². The summed E-state index contributed by atoms with van der Waals surface area (Å²) in [6, 6.07) is 11.4. The largest absolute Gasteiger partial charge is 0.489 e. The summed E-state index contributed by atoms with van der Waals surface area (Å²) in [4.78, 5) is 10.7. The van der Waals surface area contributed by atoms with Crippen LogP contribution in [0.1, 0.15) is 15.9 Å². The van der Waals surface area contributed by atoms with Crippen molar-refractivity contribution in [3.63, 3.8) is 0 Å². The Labute approximate surface area is 120 Å². The monoisotopic (exact) mass is 296 g/mol. The van der Waals surface area contributed by atoms with Gasteiger partial charge in [-0.2, -0.15) is 0 Å². The van der Waals surface area contributed by atoms with Crippen molar-refractivity contribution in [2.24, 2.45) is 0 Å². The summed E-state index contributed by atoms with van der Waals surface area (Å²) in [5.74, 6) is -0.386. The molecule has 98 valence electrons. The van der Waals surface area contributed by atoms with Crippen molar-refractivity contribution in [3.05, 3.63) is 63.6 Å². The van der Waals surface area contributed by atoms with Gasteiger partial charge in [0.05, 0.1) is 5.56 Å². The molecule has 0 spiro atoms. The van der Waals surface area contributed by atoms with Gasteiger partial charge in [0.2, 0.25) is 0 Å². The maximum absolute atomic E-state index is 10.7. The zero-order valence-corrected chi connectivity index (χ0v) is 11.3. The summed E-state index contributed by atoms with van der Waals surface area (Å²) in [6.45, 7) is 0.294. The summed E-state index contributed by atoms with van der Waals surface area (Å²) in [7, 11) is 0. The maximum atomic E-state index is 10.7. The molecule has 0 saturated carbocycles. The van der Waals surface area contributed by atoms with Crippen LogP contribution in [0.25, 0.3) is 0 Å². The molecule has 0 bridgehead atoms. The highest BCUT2D eigenvalue weighted by molar-refractivity contribution is 6.35. The third-order valence-corrected chi connectivity index (χ3v) is 3.10.